The van der Waals surface area contributed by atoms with Gasteiger partial charge in [-0.05, 0) is 38.0 Å². The molecule has 112 valence electrons. The van der Waals surface area contributed by atoms with E-state index in [9.17, 15) is 0 Å². The third-order valence-electron chi connectivity index (χ3n) is 5.17. The van der Waals surface area contributed by atoms with Gasteiger partial charge in [0.1, 0.15) is 0 Å². The van der Waals surface area contributed by atoms with Crippen LogP contribution < -0.4 is 5.32 Å². The molecule has 0 aromatic carbocycles. The van der Waals surface area contributed by atoms with Crippen molar-refractivity contribution >= 4 is 0 Å². The van der Waals surface area contributed by atoms with Gasteiger partial charge in [-0.2, -0.15) is 0 Å². The van der Waals surface area contributed by atoms with E-state index in [0.29, 0.717) is 12.1 Å². The molecule has 1 aliphatic heterocycles. The molecule has 4 unspecified atom stereocenters. The van der Waals surface area contributed by atoms with Gasteiger partial charge in [-0.3, -0.25) is 4.90 Å². The molecule has 0 amide bonds. The molecule has 0 bridgehead atoms. The summed E-state index contributed by atoms with van der Waals surface area (Å²) in [5.74, 6) is 0.724. The zero-order valence-electron chi connectivity index (χ0n) is 13.2. The molecular formula is C16H32N2O. The zero-order valence-corrected chi connectivity index (χ0v) is 13.2. The van der Waals surface area contributed by atoms with E-state index < -0.39 is 0 Å². The summed E-state index contributed by atoms with van der Waals surface area (Å²) in [5.41, 5.74) is 0. The molecule has 2 aliphatic rings. The Morgan fingerprint density at radius 3 is 2.74 bits per heavy atom. The van der Waals surface area contributed by atoms with Crippen molar-refractivity contribution in [2.75, 3.05) is 20.2 Å². The minimum Gasteiger partial charge on any atom is -0.381 e. The van der Waals surface area contributed by atoms with Crippen molar-refractivity contribution < 1.29 is 4.74 Å². The molecule has 1 saturated heterocycles. The van der Waals surface area contributed by atoms with Crippen LogP contribution in [0.5, 0.6) is 0 Å². The predicted molar refractivity (Wildman–Crippen MR) is 80.5 cm³/mol. The van der Waals surface area contributed by atoms with Crippen molar-refractivity contribution in [3.8, 4) is 0 Å². The van der Waals surface area contributed by atoms with E-state index in [2.05, 4.69) is 31.0 Å². The molecule has 0 radical (unpaired) electrons. The summed E-state index contributed by atoms with van der Waals surface area (Å²) in [6.45, 7) is 9.37. The van der Waals surface area contributed by atoms with Crippen molar-refractivity contribution in [3.63, 3.8) is 0 Å². The standard InChI is InChI=1S/C16H32N2O/c1-5-13-10-17-16(12(2)3)11-18(13)14-7-6-8-15(9-14)19-4/h12-17H,5-11H2,1-4H3. The van der Waals surface area contributed by atoms with E-state index in [-0.39, 0.29) is 0 Å². The van der Waals surface area contributed by atoms with E-state index in [1.165, 1.54) is 38.6 Å². The van der Waals surface area contributed by atoms with Gasteiger partial charge in [0.15, 0.2) is 0 Å². The average molecular weight is 268 g/mol. The first-order valence-electron chi connectivity index (χ1n) is 8.17. The van der Waals surface area contributed by atoms with Gasteiger partial charge in [-0.15, -0.1) is 0 Å². The quantitative estimate of drug-likeness (QED) is 0.848. The topological polar surface area (TPSA) is 24.5 Å². The number of piperazine rings is 1. The van der Waals surface area contributed by atoms with Crippen LogP contribution in [0.4, 0.5) is 0 Å². The maximum absolute atomic E-state index is 5.61. The lowest BCUT2D eigenvalue weighted by Gasteiger charge is -2.47. The molecule has 0 aromatic rings. The first kappa shape index (κ1) is 15.3. The van der Waals surface area contributed by atoms with Crippen LogP contribution in [0.1, 0.15) is 52.9 Å². The molecule has 3 heteroatoms. The second-order valence-electron chi connectivity index (χ2n) is 6.70. The van der Waals surface area contributed by atoms with Gasteiger partial charge >= 0.3 is 0 Å². The maximum Gasteiger partial charge on any atom is 0.0586 e. The third-order valence-corrected chi connectivity index (χ3v) is 5.17. The number of ether oxygens (including phenoxy) is 1. The van der Waals surface area contributed by atoms with E-state index in [4.69, 9.17) is 4.74 Å². The smallest absolute Gasteiger partial charge is 0.0586 e. The third kappa shape index (κ3) is 3.71. The fourth-order valence-electron chi connectivity index (χ4n) is 3.75. The second kappa shape index (κ2) is 7.05. The van der Waals surface area contributed by atoms with Crippen LogP contribution in [0.15, 0.2) is 0 Å². The number of rotatable bonds is 4. The minimum atomic E-state index is 0.489. The number of hydrogen-bond acceptors (Lipinski definition) is 3. The maximum atomic E-state index is 5.61. The SMILES string of the molecule is CCC1CNC(C(C)C)CN1C1CCCC(OC)C1. The largest absolute Gasteiger partial charge is 0.381 e. The first-order chi connectivity index (χ1) is 9.15. The monoisotopic (exact) mass is 268 g/mol. The fraction of sp³-hybridized carbons (Fsp3) is 1.00. The first-order valence-corrected chi connectivity index (χ1v) is 8.17. The van der Waals surface area contributed by atoms with Crippen molar-refractivity contribution in [2.45, 2.75) is 77.1 Å². The van der Waals surface area contributed by atoms with E-state index in [1.54, 1.807) is 0 Å². The van der Waals surface area contributed by atoms with Crippen LogP contribution >= 0.6 is 0 Å². The Labute approximate surface area is 119 Å². The molecule has 1 saturated carbocycles. The Balaban J connectivity index is 2.00. The molecule has 2 fully saturated rings. The van der Waals surface area contributed by atoms with Gasteiger partial charge in [0.2, 0.25) is 0 Å². The van der Waals surface area contributed by atoms with Crippen molar-refractivity contribution in [1.29, 1.82) is 0 Å². The molecular weight excluding hydrogens is 236 g/mol. The van der Waals surface area contributed by atoms with Gasteiger partial charge in [0.05, 0.1) is 6.10 Å². The highest BCUT2D eigenvalue weighted by molar-refractivity contribution is 4.92. The summed E-state index contributed by atoms with van der Waals surface area (Å²) in [4.78, 5) is 2.80. The highest BCUT2D eigenvalue weighted by atomic mass is 16.5. The Kier molecular flexibility index (Phi) is 5.67. The van der Waals surface area contributed by atoms with Crippen LogP contribution in [0.2, 0.25) is 0 Å². The minimum absolute atomic E-state index is 0.489. The number of nitrogens with one attached hydrogen (secondary N) is 1. The Morgan fingerprint density at radius 2 is 2.11 bits per heavy atom. The summed E-state index contributed by atoms with van der Waals surface area (Å²) in [6.07, 6.45) is 6.92. The molecule has 1 aliphatic carbocycles. The highest BCUT2D eigenvalue weighted by Gasteiger charge is 2.35. The number of methoxy groups -OCH3 is 1. The summed E-state index contributed by atoms with van der Waals surface area (Å²) in [5, 5.41) is 3.74. The summed E-state index contributed by atoms with van der Waals surface area (Å²) in [6, 6.07) is 2.12. The summed E-state index contributed by atoms with van der Waals surface area (Å²) >= 11 is 0. The van der Waals surface area contributed by atoms with Crippen molar-refractivity contribution in [2.24, 2.45) is 5.92 Å². The second-order valence-corrected chi connectivity index (χ2v) is 6.70. The van der Waals surface area contributed by atoms with Crippen LogP contribution in [0.3, 0.4) is 0 Å². The fourth-order valence-corrected chi connectivity index (χ4v) is 3.75. The van der Waals surface area contributed by atoms with Gasteiger partial charge in [0.25, 0.3) is 0 Å². The van der Waals surface area contributed by atoms with Crippen molar-refractivity contribution in [3.05, 3.63) is 0 Å². The Morgan fingerprint density at radius 1 is 1.32 bits per heavy atom. The normalized spacial score (nSPS) is 37.7. The van der Waals surface area contributed by atoms with Gasteiger partial charge in [0, 0.05) is 38.3 Å². The molecule has 0 aromatic heterocycles. The average Bonchev–Trinajstić information content (AvgIpc) is 2.46. The van der Waals surface area contributed by atoms with Crippen LogP contribution in [-0.4, -0.2) is 49.3 Å². The Bertz CT molecular complexity index is 269. The van der Waals surface area contributed by atoms with Gasteiger partial charge in [-0.25, -0.2) is 0 Å². The van der Waals surface area contributed by atoms with E-state index >= 15 is 0 Å². The number of hydrogen-bond donors (Lipinski definition) is 1. The molecule has 0 spiro atoms. The zero-order chi connectivity index (χ0) is 13.8. The van der Waals surface area contributed by atoms with Gasteiger partial charge in [-0.1, -0.05) is 20.8 Å². The van der Waals surface area contributed by atoms with Crippen molar-refractivity contribution in [1.82, 2.24) is 10.2 Å². The Hall–Kier alpha value is -0.120. The lowest BCUT2D eigenvalue weighted by Crippen LogP contribution is -2.61. The summed E-state index contributed by atoms with van der Waals surface area (Å²) < 4.78 is 5.61. The molecule has 4 atom stereocenters. The van der Waals surface area contributed by atoms with Gasteiger partial charge < -0.3 is 10.1 Å². The van der Waals surface area contributed by atoms with E-state index in [1.807, 2.05) is 7.11 Å². The molecule has 1 N–H and O–H groups in total. The predicted octanol–water partition coefficient (Wildman–Crippen LogP) is 2.65. The lowest BCUT2D eigenvalue weighted by atomic mass is 9.88. The van der Waals surface area contributed by atoms with E-state index in [0.717, 1.165) is 24.5 Å². The molecule has 2 rings (SSSR count). The molecule has 19 heavy (non-hydrogen) atoms. The molecule has 1 heterocycles. The van der Waals surface area contributed by atoms with Crippen LogP contribution in [0.25, 0.3) is 0 Å². The lowest BCUT2D eigenvalue weighted by molar-refractivity contribution is -0.00436. The highest BCUT2D eigenvalue weighted by Crippen LogP contribution is 2.28. The van der Waals surface area contributed by atoms with Crippen LogP contribution in [-0.2, 0) is 4.74 Å². The number of nitrogens with zero attached hydrogens (tertiary/aromatic N) is 1. The molecule has 3 nitrogen and oxygen atoms in total. The summed E-state index contributed by atoms with van der Waals surface area (Å²) in [7, 11) is 1.87. The van der Waals surface area contributed by atoms with Crippen LogP contribution in [0, 0.1) is 5.92 Å².